The molecule has 0 saturated heterocycles. The standard InChI is InChI=1S/C16H15BrClNO/c1-9-8-13(18)4-5-14(9)16(20)19-15-10(2)6-12(17)7-11(15)3/h4-8H,1-3H3,(H,19,20). The second kappa shape index (κ2) is 5.98. The summed E-state index contributed by atoms with van der Waals surface area (Å²) < 4.78 is 1.01. The Morgan fingerprint density at radius 3 is 2.20 bits per heavy atom. The molecule has 104 valence electrons. The highest BCUT2D eigenvalue weighted by Crippen LogP contribution is 2.26. The normalized spacial score (nSPS) is 10.4. The van der Waals surface area contributed by atoms with Crippen LogP contribution in [0.5, 0.6) is 0 Å². The molecule has 0 aliphatic heterocycles. The molecule has 2 rings (SSSR count). The first-order valence-corrected chi connectivity index (χ1v) is 7.40. The Morgan fingerprint density at radius 2 is 1.65 bits per heavy atom. The molecular weight excluding hydrogens is 338 g/mol. The molecule has 1 amide bonds. The van der Waals surface area contributed by atoms with E-state index in [4.69, 9.17) is 11.6 Å². The first-order chi connectivity index (χ1) is 9.38. The lowest BCUT2D eigenvalue weighted by molar-refractivity contribution is 0.102. The van der Waals surface area contributed by atoms with E-state index < -0.39 is 0 Å². The maximum atomic E-state index is 12.4. The Morgan fingerprint density at radius 1 is 1.05 bits per heavy atom. The van der Waals surface area contributed by atoms with E-state index >= 15 is 0 Å². The Hall–Kier alpha value is -1.32. The smallest absolute Gasteiger partial charge is 0.255 e. The van der Waals surface area contributed by atoms with Crippen LogP contribution in [0.4, 0.5) is 5.69 Å². The average Bonchev–Trinajstić information content (AvgIpc) is 2.33. The van der Waals surface area contributed by atoms with Gasteiger partial charge in [-0.15, -0.1) is 0 Å². The number of aryl methyl sites for hydroxylation is 3. The molecule has 0 spiro atoms. The summed E-state index contributed by atoms with van der Waals surface area (Å²) in [5.41, 5.74) is 4.40. The minimum atomic E-state index is -0.118. The lowest BCUT2D eigenvalue weighted by atomic mass is 10.1. The van der Waals surface area contributed by atoms with Crippen LogP contribution < -0.4 is 5.32 Å². The molecule has 1 N–H and O–H groups in total. The van der Waals surface area contributed by atoms with E-state index in [0.717, 1.165) is 26.9 Å². The fourth-order valence-electron chi connectivity index (χ4n) is 2.17. The zero-order chi connectivity index (χ0) is 14.9. The van der Waals surface area contributed by atoms with Gasteiger partial charge in [-0.1, -0.05) is 27.5 Å². The van der Waals surface area contributed by atoms with E-state index in [9.17, 15) is 4.79 Å². The molecule has 0 fully saturated rings. The minimum Gasteiger partial charge on any atom is -0.321 e. The van der Waals surface area contributed by atoms with Crippen LogP contribution in [0.2, 0.25) is 5.02 Å². The van der Waals surface area contributed by atoms with Gasteiger partial charge in [0.1, 0.15) is 0 Å². The van der Waals surface area contributed by atoms with E-state index in [1.807, 2.05) is 32.9 Å². The van der Waals surface area contributed by atoms with Gasteiger partial charge in [-0.3, -0.25) is 4.79 Å². The fourth-order valence-corrected chi connectivity index (χ4v) is 3.08. The van der Waals surface area contributed by atoms with E-state index in [1.54, 1.807) is 18.2 Å². The van der Waals surface area contributed by atoms with Crippen molar-refractivity contribution in [3.8, 4) is 0 Å². The quantitative estimate of drug-likeness (QED) is 0.782. The van der Waals surface area contributed by atoms with Crippen molar-refractivity contribution in [3.63, 3.8) is 0 Å². The van der Waals surface area contributed by atoms with Gasteiger partial charge in [0, 0.05) is 20.7 Å². The summed E-state index contributed by atoms with van der Waals surface area (Å²) in [5, 5.41) is 3.61. The molecule has 0 unspecified atom stereocenters. The number of amides is 1. The average molecular weight is 353 g/mol. The Kier molecular flexibility index (Phi) is 4.51. The Balaban J connectivity index is 2.33. The second-order valence-corrected chi connectivity index (χ2v) is 6.18. The van der Waals surface area contributed by atoms with Crippen molar-refractivity contribution in [2.75, 3.05) is 5.32 Å². The summed E-state index contributed by atoms with van der Waals surface area (Å²) in [5.74, 6) is -0.118. The molecule has 0 aliphatic rings. The minimum absolute atomic E-state index is 0.118. The number of halogens is 2. The molecule has 4 heteroatoms. The maximum Gasteiger partial charge on any atom is 0.255 e. The monoisotopic (exact) mass is 351 g/mol. The Labute approximate surface area is 132 Å². The molecule has 0 bridgehead atoms. The van der Waals surface area contributed by atoms with Crippen LogP contribution >= 0.6 is 27.5 Å². The summed E-state index contributed by atoms with van der Waals surface area (Å²) >= 11 is 9.36. The van der Waals surface area contributed by atoms with Gasteiger partial charge < -0.3 is 5.32 Å². The summed E-state index contributed by atoms with van der Waals surface area (Å²) in [7, 11) is 0. The largest absolute Gasteiger partial charge is 0.321 e. The van der Waals surface area contributed by atoms with E-state index in [1.165, 1.54) is 0 Å². The van der Waals surface area contributed by atoms with Crippen LogP contribution in [0.25, 0.3) is 0 Å². The third-order valence-electron chi connectivity index (χ3n) is 3.17. The van der Waals surface area contributed by atoms with Crippen molar-refractivity contribution in [1.29, 1.82) is 0 Å². The van der Waals surface area contributed by atoms with Crippen molar-refractivity contribution in [2.24, 2.45) is 0 Å². The van der Waals surface area contributed by atoms with Gasteiger partial charge in [-0.05, 0) is 67.8 Å². The number of anilines is 1. The first-order valence-electron chi connectivity index (χ1n) is 6.22. The van der Waals surface area contributed by atoms with Gasteiger partial charge >= 0.3 is 0 Å². The van der Waals surface area contributed by atoms with Crippen LogP contribution in [-0.4, -0.2) is 5.91 Å². The number of benzene rings is 2. The number of nitrogens with one attached hydrogen (secondary N) is 1. The number of carbonyl (C=O) groups excluding carboxylic acids is 1. The molecule has 0 aliphatic carbocycles. The lowest BCUT2D eigenvalue weighted by Gasteiger charge is -2.13. The van der Waals surface area contributed by atoms with Crippen molar-refractivity contribution >= 4 is 39.1 Å². The van der Waals surface area contributed by atoms with Gasteiger partial charge in [-0.25, -0.2) is 0 Å². The topological polar surface area (TPSA) is 29.1 Å². The number of rotatable bonds is 2. The molecule has 20 heavy (non-hydrogen) atoms. The highest BCUT2D eigenvalue weighted by Gasteiger charge is 2.12. The zero-order valence-corrected chi connectivity index (χ0v) is 13.9. The third-order valence-corrected chi connectivity index (χ3v) is 3.86. The predicted molar refractivity (Wildman–Crippen MR) is 87.8 cm³/mol. The molecule has 0 saturated carbocycles. The van der Waals surface area contributed by atoms with E-state index in [0.29, 0.717) is 10.6 Å². The van der Waals surface area contributed by atoms with Gasteiger partial charge in [0.2, 0.25) is 0 Å². The molecule has 0 aromatic heterocycles. The van der Waals surface area contributed by atoms with Crippen molar-refractivity contribution in [3.05, 3.63) is 62.1 Å². The number of hydrogen-bond donors (Lipinski definition) is 1. The van der Waals surface area contributed by atoms with Crippen LogP contribution in [0.15, 0.2) is 34.8 Å². The lowest BCUT2D eigenvalue weighted by Crippen LogP contribution is -2.15. The zero-order valence-electron chi connectivity index (χ0n) is 11.6. The third kappa shape index (κ3) is 3.22. The van der Waals surface area contributed by atoms with E-state index in [2.05, 4.69) is 21.2 Å². The molecule has 0 radical (unpaired) electrons. The summed E-state index contributed by atoms with van der Waals surface area (Å²) in [6, 6.07) is 9.23. The van der Waals surface area contributed by atoms with Gasteiger partial charge in [0.25, 0.3) is 5.91 Å². The van der Waals surface area contributed by atoms with Gasteiger partial charge in [0.15, 0.2) is 0 Å². The number of carbonyl (C=O) groups is 1. The van der Waals surface area contributed by atoms with E-state index in [-0.39, 0.29) is 5.91 Å². The van der Waals surface area contributed by atoms with Crippen molar-refractivity contribution in [1.82, 2.24) is 0 Å². The van der Waals surface area contributed by atoms with Crippen LogP contribution in [0.3, 0.4) is 0 Å². The fraction of sp³-hybridized carbons (Fsp3) is 0.188. The van der Waals surface area contributed by atoms with Gasteiger partial charge in [-0.2, -0.15) is 0 Å². The highest BCUT2D eigenvalue weighted by molar-refractivity contribution is 9.10. The SMILES string of the molecule is Cc1cc(Cl)ccc1C(=O)Nc1c(C)cc(Br)cc1C. The molecule has 2 aromatic rings. The summed E-state index contributed by atoms with van der Waals surface area (Å²) in [6.07, 6.45) is 0. The summed E-state index contributed by atoms with van der Waals surface area (Å²) in [4.78, 5) is 12.4. The molecular formula is C16H15BrClNO. The maximum absolute atomic E-state index is 12.4. The van der Waals surface area contributed by atoms with Crippen molar-refractivity contribution in [2.45, 2.75) is 20.8 Å². The van der Waals surface area contributed by atoms with Crippen LogP contribution in [0, 0.1) is 20.8 Å². The predicted octanol–water partition coefficient (Wildman–Crippen LogP) is 5.28. The Bertz CT molecular complexity index is 659. The van der Waals surface area contributed by atoms with Crippen molar-refractivity contribution < 1.29 is 4.79 Å². The molecule has 0 atom stereocenters. The highest BCUT2D eigenvalue weighted by atomic mass is 79.9. The van der Waals surface area contributed by atoms with Crippen LogP contribution in [0.1, 0.15) is 27.0 Å². The second-order valence-electron chi connectivity index (χ2n) is 4.83. The summed E-state index contributed by atoms with van der Waals surface area (Å²) in [6.45, 7) is 5.83. The number of hydrogen-bond acceptors (Lipinski definition) is 1. The molecule has 2 aromatic carbocycles. The van der Waals surface area contributed by atoms with Gasteiger partial charge in [0.05, 0.1) is 0 Å². The molecule has 2 nitrogen and oxygen atoms in total. The van der Waals surface area contributed by atoms with Crippen LogP contribution in [-0.2, 0) is 0 Å². The molecule has 0 heterocycles. The first kappa shape index (κ1) is 15.1.